The molecule has 0 amide bonds. The van der Waals surface area contributed by atoms with E-state index in [-0.39, 0.29) is 30.0 Å². The summed E-state index contributed by atoms with van der Waals surface area (Å²) in [7, 11) is 3.93. The van der Waals surface area contributed by atoms with Crippen molar-refractivity contribution < 1.29 is 4.92 Å². The smallest absolute Gasteiger partial charge is 0.287 e. The fourth-order valence-corrected chi connectivity index (χ4v) is 1.69. The number of nitro groups is 1. The molecule has 0 bridgehead atoms. The van der Waals surface area contributed by atoms with Crippen LogP contribution in [0.5, 0.6) is 0 Å². The van der Waals surface area contributed by atoms with Crippen LogP contribution in [0.15, 0.2) is 18.3 Å². The van der Waals surface area contributed by atoms with Gasteiger partial charge < -0.3 is 16.0 Å². The first-order valence-corrected chi connectivity index (χ1v) is 6.23. The van der Waals surface area contributed by atoms with E-state index in [2.05, 4.69) is 10.3 Å². The predicted molar refractivity (Wildman–Crippen MR) is 85.3 cm³/mol. The van der Waals surface area contributed by atoms with Gasteiger partial charge >= 0.3 is 0 Å². The summed E-state index contributed by atoms with van der Waals surface area (Å²) in [5.41, 5.74) is 5.39. The maximum absolute atomic E-state index is 10.6. The van der Waals surface area contributed by atoms with Crippen LogP contribution in [-0.4, -0.2) is 47.3 Å². The van der Waals surface area contributed by atoms with E-state index >= 15 is 0 Å². The topological polar surface area (TPSA) is 121 Å². The molecule has 1 atom stereocenters. The van der Waals surface area contributed by atoms with Gasteiger partial charge in [0.15, 0.2) is 0 Å². The normalized spacial score (nSPS) is 11.6. The number of pyridine rings is 1. The van der Waals surface area contributed by atoms with Crippen LogP contribution in [0.2, 0.25) is 0 Å². The van der Waals surface area contributed by atoms with Crippen LogP contribution in [-0.2, 0) is 0 Å². The van der Waals surface area contributed by atoms with Crippen LogP contribution in [0.1, 0.15) is 12.8 Å². The van der Waals surface area contributed by atoms with Crippen molar-refractivity contribution in [3.63, 3.8) is 0 Å². The number of hydrogen-bond acceptors (Lipinski definition) is 6. The zero-order chi connectivity index (χ0) is 15.1. The lowest BCUT2D eigenvalue weighted by atomic mass is 10.1. The van der Waals surface area contributed by atoms with Gasteiger partial charge in [-0.2, -0.15) is 0 Å². The van der Waals surface area contributed by atoms with E-state index < -0.39 is 4.92 Å². The third-order valence-corrected chi connectivity index (χ3v) is 2.70. The van der Waals surface area contributed by atoms with Gasteiger partial charge in [-0.3, -0.25) is 15.5 Å². The van der Waals surface area contributed by atoms with Crippen molar-refractivity contribution in [2.45, 2.75) is 18.9 Å². The molecule has 0 spiro atoms. The Balaban J connectivity index is 0.00000400. The molecule has 0 saturated carbocycles. The van der Waals surface area contributed by atoms with Crippen LogP contribution >= 0.6 is 12.4 Å². The number of rotatable bonds is 8. The third-order valence-electron chi connectivity index (χ3n) is 2.70. The maximum Gasteiger partial charge on any atom is 0.287 e. The summed E-state index contributed by atoms with van der Waals surface area (Å²) in [6.07, 6.45) is 2.41. The summed E-state index contributed by atoms with van der Waals surface area (Å²) < 4.78 is 0. The highest BCUT2D eigenvalue weighted by atomic mass is 35.5. The molecule has 0 saturated heterocycles. The first-order valence-electron chi connectivity index (χ1n) is 6.23. The van der Waals surface area contributed by atoms with Crippen LogP contribution < -0.4 is 11.1 Å². The molecule has 0 aromatic carbocycles. The largest absolute Gasteiger partial charge is 0.388 e. The lowest BCUT2D eigenvalue weighted by Crippen LogP contribution is -2.30. The van der Waals surface area contributed by atoms with Crippen molar-refractivity contribution in [3.8, 4) is 0 Å². The monoisotopic (exact) mass is 316 g/mol. The summed E-state index contributed by atoms with van der Waals surface area (Å²) in [6, 6.07) is 2.93. The van der Waals surface area contributed by atoms with Crippen molar-refractivity contribution in [1.82, 2.24) is 9.88 Å². The minimum Gasteiger partial charge on any atom is -0.388 e. The number of halogens is 1. The van der Waals surface area contributed by atoms with E-state index in [4.69, 9.17) is 11.1 Å². The SMILES string of the molecule is CN(C)CCC(CC(=N)N)Nc1ccc([N+](=O)[O-])cn1.Cl. The first-order chi connectivity index (χ1) is 9.38. The Bertz CT molecular complexity index is 465. The molecule has 1 rings (SSSR count). The maximum atomic E-state index is 10.6. The van der Waals surface area contributed by atoms with Gasteiger partial charge in [0.05, 0.1) is 10.8 Å². The zero-order valence-electron chi connectivity index (χ0n) is 12.1. The Morgan fingerprint density at radius 2 is 2.24 bits per heavy atom. The number of anilines is 1. The molecular weight excluding hydrogens is 296 g/mol. The zero-order valence-corrected chi connectivity index (χ0v) is 12.9. The molecule has 0 fully saturated rings. The van der Waals surface area contributed by atoms with Crippen molar-refractivity contribution >= 4 is 29.7 Å². The van der Waals surface area contributed by atoms with Crippen molar-refractivity contribution in [2.24, 2.45) is 5.73 Å². The lowest BCUT2D eigenvalue weighted by Gasteiger charge is -2.20. The molecule has 21 heavy (non-hydrogen) atoms. The molecule has 1 aromatic rings. The molecule has 8 nitrogen and oxygen atoms in total. The highest BCUT2D eigenvalue weighted by molar-refractivity contribution is 5.85. The fraction of sp³-hybridized carbons (Fsp3) is 0.500. The van der Waals surface area contributed by atoms with Gasteiger partial charge in [-0.15, -0.1) is 12.4 Å². The number of aromatic nitrogens is 1. The van der Waals surface area contributed by atoms with E-state index in [0.29, 0.717) is 12.2 Å². The molecule has 0 aliphatic rings. The summed E-state index contributed by atoms with van der Waals surface area (Å²) in [5, 5.41) is 21.1. The standard InChI is InChI=1S/C12H20N6O2.ClH/c1-17(2)6-5-9(7-11(13)14)16-12-4-3-10(8-15-12)18(19)20;/h3-4,8-9H,5-7H2,1-2H3,(H3,13,14)(H,15,16);1H. The summed E-state index contributed by atoms with van der Waals surface area (Å²) in [6.45, 7) is 0.845. The van der Waals surface area contributed by atoms with E-state index in [0.717, 1.165) is 13.0 Å². The Morgan fingerprint density at radius 3 is 2.67 bits per heavy atom. The number of nitrogens with two attached hydrogens (primary N) is 1. The summed E-state index contributed by atoms with van der Waals surface area (Å²) in [4.78, 5) is 16.1. The van der Waals surface area contributed by atoms with Gasteiger partial charge in [0.25, 0.3) is 5.69 Å². The highest BCUT2D eigenvalue weighted by Gasteiger charge is 2.12. The molecule has 118 valence electrons. The molecule has 0 aliphatic carbocycles. The minimum atomic E-state index is -0.490. The van der Waals surface area contributed by atoms with Gasteiger partial charge in [0, 0.05) is 18.5 Å². The lowest BCUT2D eigenvalue weighted by molar-refractivity contribution is -0.385. The third kappa shape index (κ3) is 7.42. The van der Waals surface area contributed by atoms with Gasteiger partial charge in [-0.05, 0) is 33.1 Å². The molecule has 0 aliphatic heterocycles. The van der Waals surface area contributed by atoms with E-state index in [1.165, 1.54) is 12.3 Å². The van der Waals surface area contributed by atoms with Crippen LogP contribution in [0.3, 0.4) is 0 Å². The van der Waals surface area contributed by atoms with E-state index in [9.17, 15) is 10.1 Å². The van der Waals surface area contributed by atoms with Crippen LogP contribution in [0.25, 0.3) is 0 Å². The highest BCUT2D eigenvalue weighted by Crippen LogP contribution is 2.14. The Kier molecular flexibility index (Phi) is 8.25. The van der Waals surface area contributed by atoms with E-state index in [1.54, 1.807) is 6.07 Å². The molecule has 0 radical (unpaired) electrons. The summed E-state index contributed by atoms with van der Waals surface area (Å²) in [5.74, 6) is 0.642. The second-order valence-corrected chi connectivity index (χ2v) is 4.82. The second kappa shape index (κ2) is 9.09. The van der Waals surface area contributed by atoms with Crippen LogP contribution in [0.4, 0.5) is 11.5 Å². The first kappa shape index (κ1) is 19.1. The van der Waals surface area contributed by atoms with Crippen LogP contribution in [0, 0.1) is 15.5 Å². The average molecular weight is 317 g/mol. The molecule has 1 unspecified atom stereocenters. The fourth-order valence-electron chi connectivity index (χ4n) is 1.69. The van der Waals surface area contributed by atoms with Gasteiger partial charge in [-0.25, -0.2) is 4.98 Å². The Labute approximate surface area is 129 Å². The second-order valence-electron chi connectivity index (χ2n) is 4.82. The predicted octanol–water partition coefficient (Wildman–Crippen LogP) is 1.47. The van der Waals surface area contributed by atoms with Gasteiger partial charge in [-0.1, -0.05) is 0 Å². The number of amidine groups is 1. The molecular formula is C12H21ClN6O2. The van der Waals surface area contributed by atoms with Gasteiger partial charge in [0.2, 0.25) is 0 Å². The quantitative estimate of drug-likeness (QED) is 0.289. The number of nitrogens with one attached hydrogen (secondary N) is 2. The number of hydrogen-bond donors (Lipinski definition) is 3. The Hall–Kier alpha value is -1.93. The van der Waals surface area contributed by atoms with Gasteiger partial charge in [0.1, 0.15) is 12.0 Å². The minimum absolute atomic E-state index is 0. The average Bonchev–Trinajstić information content (AvgIpc) is 2.36. The van der Waals surface area contributed by atoms with Crippen molar-refractivity contribution in [3.05, 3.63) is 28.4 Å². The summed E-state index contributed by atoms with van der Waals surface area (Å²) >= 11 is 0. The van der Waals surface area contributed by atoms with Crippen molar-refractivity contribution in [1.29, 1.82) is 5.41 Å². The molecule has 1 aromatic heterocycles. The van der Waals surface area contributed by atoms with E-state index in [1.807, 2.05) is 19.0 Å². The number of nitrogens with zero attached hydrogens (tertiary/aromatic N) is 3. The molecule has 4 N–H and O–H groups in total. The Morgan fingerprint density at radius 1 is 1.57 bits per heavy atom. The van der Waals surface area contributed by atoms with Crippen molar-refractivity contribution in [2.75, 3.05) is 26.0 Å². The molecule has 9 heteroatoms. The molecule has 1 heterocycles.